The van der Waals surface area contributed by atoms with E-state index in [1.54, 1.807) is 6.92 Å². The van der Waals surface area contributed by atoms with Gasteiger partial charge in [0.1, 0.15) is 0 Å². The zero-order valence-corrected chi connectivity index (χ0v) is 20.0. The second-order valence-corrected chi connectivity index (χ2v) is 7.85. The van der Waals surface area contributed by atoms with Gasteiger partial charge in [0.15, 0.2) is 6.29 Å². The molecule has 1 atom stereocenters. The van der Waals surface area contributed by atoms with Crippen molar-refractivity contribution in [2.45, 2.75) is 52.4 Å². The molecule has 2 aromatic carbocycles. The number of para-hydroxylation sites is 1. The van der Waals surface area contributed by atoms with Crippen LogP contribution in [0.3, 0.4) is 0 Å². The van der Waals surface area contributed by atoms with E-state index in [1.807, 2.05) is 61.2 Å². The van der Waals surface area contributed by atoms with Gasteiger partial charge in [-0.1, -0.05) is 48.5 Å². The highest BCUT2D eigenvalue weighted by molar-refractivity contribution is 5.95. The van der Waals surface area contributed by atoms with Gasteiger partial charge in [0.05, 0.1) is 12.6 Å². The molecule has 0 saturated heterocycles. The molecule has 2 amide bonds. The number of hydrogen-bond acceptors (Lipinski definition) is 5. The first-order valence-corrected chi connectivity index (χ1v) is 11.6. The third kappa shape index (κ3) is 9.34. The molecule has 0 saturated carbocycles. The lowest BCUT2D eigenvalue weighted by molar-refractivity contribution is -0.158. The van der Waals surface area contributed by atoms with Crippen LogP contribution in [-0.4, -0.2) is 55.3 Å². The molecule has 0 unspecified atom stereocenters. The van der Waals surface area contributed by atoms with Crippen molar-refractivity contribution in [1.82, 2.24) is 4.90 Å². The Bertz CT molecular complexity index is 852. The Morgan fingerprint density at radius 2 is 1.61 bits per heavy atom. The summed E-state index contributed by atoms with van der Waals surface area (Å²) in [5.41, 5.74) is 8.43. The van der Waals surface area contributed by atoms with E-state index in [9.17, 15) is 9.59 Å². The average molecular weight is 456 g/mol. The van der Waals surface area contributed by atoms with Crippen molar-refractivity contribution in [3.8, 4) is 0 Å². The molecule has 0 radical (unpaired) electrons. The minimum Gasteiger partial charge on any atom is -0.351 e. The highest BCUT2D eigenvalue weighted by Gasteiger charge is 2.20. The maximum atomic E-state index is 13.2. The number of nitrogens with one attached hydrogen (secondary N) is 1. The topological polar surface area (TPSA) is 93.9 Å². The highest BCUT2D eigenvalue weighted by Crippen LogP contribution is 2.18. The third-order valence-corrected chi connectivity index (χ3v) is 5.24. The summed E-state index contributed by atoms with van der Waals surface area (Å²) >= 11 is 0. The zero-order valence-electron chi connectivity index (χ0n) is 20.0. The second-order valence-electron chi connectivity index (χ2n) is 7.85. The van der Waals surface area contributed by atoms with Gasteiger partial charge in [-0.15, -0.1) is 0 Å². The Hall–Kier alpha value is -2.74. The van der Waals surface area contributed by atoms with E-state index in [1.165, 1.54) is 5.56 Å². The summed E-state index contributed by atoms with van der Waals surface area (Å²) in [5, 5.41) is 2.85. The highest BCUT2D eigenvalue weighted by atomic mass is 16.7. The first-order valence-electron chi connectivity index (χ1n) is 11.6. The summed E-state index contributed by atoms with van der Waals surface area (Å²) in [6.07, 6.45) is 1.10. The molecule has 7 nitrogen and oxygen atoms in total. The van der Waals surface area contributed by atoms with Gasteiger partial charge < -0.3 is 25.4 Å². The molecule has 0 spiro atoms. The van der Waals surface area contributed by atoms with Crippen molar-refractivity contribution in [2.24, 2.45) is 5.73 Å². The van der Waals surface area contributed by atoms with E-state index in [0.29, 0.717) is 44.8 Å². The van der Waals surface area contributed by atoms with E-state index in [0.717, 1.165) is 12.0 Å². The van der Waals surface area contributed by atoms with Crippen molar-refractivity contribution in [3.63, 3.8) is 0 Å². The summed E-state index contributed by atoms with van der Waals surface area (Å²) in [4.78, 5) is 27.1. The lowest BCUT2D eigenvalue weighted by Gasteiger charge is -2.28. The van der Waals surface area contributed by atoms with Crippen molar-refractivity contribution in [2.75, 3.05) is 31.6 Å². The van der Waals surface area contributed by atoms with Gasteiger partial charge in [-0.25, -0.2) is 0 Å². The predicted octanol–water partition coefficient (Wildman–Crippen LogP) is 3.38. The molecule has 0 fully saturated rings. The maximum absolute atomic E-state index is 13.2. The summed E-state index contributed by atoms with van der Waals surface area (Å²) in [6, 6.07) is 17.0. The Labute approximate surface area is 197 Å². The number of hydrogen-bond donors (Lipinski definition) is 2. The molecule has 180 valence electrons. The van der Waals surface area contributed by atoms with Gasteiger partial charge in [0, 0.05) is 31.9 Å². The van der Waals surface area contributed by atoms with Crippen LogP contribution in [0.2, 0.25) is 0 Å². The van der Waals surface area contributed by atoms with Crippen molar-refractivity contribution in [1.29, 1.82) is 0 Å². The van der Waals surface area contributed by atoms with Gasteiger partial charge in [-0.05, 0) is 50.8 Å². The quantitative estimate of drug-likeness (QED) is 0.426. The molecular formula is C26H37N3O4. The molecule has 33 heavy (non-hydrogen) atoms. The normalized spacial score (nSPS) is 11.9. The largest absolute Gasteiger partial charge is 0.351 e. The maximum Gasteiger partial charge on any atom is 0.241 e. The second kappa shape index (κ2) is 14.4. The summed E-state index contributed by atoms with van der Waals surface area (Å²) in [5.74, 6) is -0.238. The number of aryl methyl sites for hydroxylation is 1. The molecule has 0 bridgehead atoms. The molecule has 0 aliphatic rings. The number of amides is 2. The lowest BCUT2D eigenvalue weighted by atomic mass is 10.1. The van der Waals surface area contributed by atoms with E-state index in [2.05, 4.69) is 17.4 Å². The van der Waals surface area contributed by atoms with Crippen LogP contribution in [0.15, 0.2) is 54.6 Å². The Morgan fingerprint density at radius 1 is 0.970 bits per heavy atom. The number of rotatable bonds is 14. The Kier molecular flexibility index (Phi) is 11.6. The summed E-state index contributed by atoms with van der Waals surface area (Å²) < 4.78 is 11.4. The van der Waals surface area contributed by atoms with Crippen molar-refractivity contribution >= 4 is 17.5 Å². The zero-order chi connectivity index (χ0) is 24.1. The van der Waals surface area contributed by atoms with Crippen LogP contribution in [-0.2, 0) is 31.9 Å². The molecule has 0 aliphatic heterocycles. The van der Waals surface area contributed by atoms with Crippen LogP contribution >= 0.6 is 0 Å². The Balaban J connectivity index is 2.08. The van der Waals surface area contributed by atoms with Crippen molar-refractivity contribution in [3.05, 3.63) is 65.7 Å². The van der Waals surface area contributed by atoms with Crippen LogP contribution in [0, 0.1) is 0 Å². The molecule has 0 aliphatic carbocycles. The van der Waals surface area contributed by atoms with E-state index >= 15 is 0 Å². The van der Waals surface area contributed by atoms with Gasteiger partial charge in [-0.2, -0.15) is 0 Å². The van der Waals surface area contributed by atoms with Gasteiger partial charge in [0.25, 0.3) is 0 Å². The number of nitrogens with zero attached hydrogens (tertiary/aromatic N) is 1. The fourth-order valence-electron chi connectivity index (χ4n) is 3.44. The number of carbonyl (C=O) groups excluding carboxylic acids is 2. The average Bonchev–Trinajstić information content (AvgIpc) is 2.81. The first-order chi connectivity index (χ1) is 15.9. The number of anilines is 1. The van der Waals surface area contributed by atoms with Crippen LogP contribution in [0.5, 0.6) is 0 Å². The van der Waals surface area contributed by atoms with Crippen LogP contribution in [0.4, 0.5) is 5.69 Å². The molecule has 2 aromatic rings. The fraction of sp³-hybridized carbons (Fsp3) is 0.462. The number of carbonyl (C=O) groups is 2. The smallest absolute Gasteiger partial charge is 0.241 e. The Morgan fingerprint density at radius 3 is 2.24 bits per heavy atom. The minimum atomic E-state index is -0.609. The first kappa shape index (κ1) is 26.5. The van der Waals surface area contributed by atoms with E-state index in [-0.39, 0.29) is 11.8 Å². The van der Waals surface area contributed by atoms with Crippen LogP contribution in [0.25, 0.3) is 0 Å². The predicted molar refractivity (Wildman–Crippen MR) is 131 cm³/mol. The molecule has 0 aromatic heterocycles. The summed E-state index contributed by atoms with van der Waals surface area (Å²) in [7, 11) is 0. The van der Waals surface area contributed by atoms with Gasteiger partial charge >= 0.3 is 0 Å². The van der Waals surface area contributed by atoms with E-state index in [4.69, 9.17) is 15.2 Å². The molecule has 7 heteroatoms. The minimum absolute atomic E-state index is 0.0173. The third-order valence-electron chi connectivity index (χ3n) is 5.24. The molecule has 3 N–H and O–H groups in total. The monoisotopic (exact) mass is 455 g/mol. The SMILES string of the molecule is CCOC(CN(CCc1ccccc1)C(=O)CCc1ccccc1NC(=O)[C@H](C)N)OCC. The molecule has 0 heterocycles. The van der Waals surface area contributed by atoms with Crippen LogP contribution in [0.1, 0.15) is 38.3 Å². The van der Waals surface area contributed by atoms with Gasteiger partial charge in [0.2, 0.25) is 11.8 Å². The van der Waals surface area contributed by atoms with Gasteiger partial charge in [-0.3, -0.25) is 9.59 Å². The number of nitrogens with two attached hydrogens (primary N) is 1. The summed E-state index contributed by atoms with van der Waals surface area (Å²) in [6.45, 7) is 7.43. The molecular weight excluding hydrogens is 418 g/mol. The van der Waals surface area contributed by atoms with Crippen molar-refractivity contribution < 1.29 is 19.1 Å². The van der Waals surface area contributed by atoms with Crippen LogP contribution < -0.4 is 11.1 Å². The number of ether oxygens (including phenoxy) is 2. The van der Waals surface area contributed by atoms with E-state index < -0.39 is 12.3 Å². The number of benzene rings is 2. The lowest BCUT2D eigenvalue weighted by Crippen LogP contribution is -2.41. The standard InChI is InChI=1S/C26H37N3O4/c1-4-32-25(33-5-2)19-29(18-17-21-11-7-6-8-12-21)24(30)16-15-22-13-9-10-14-23(22)28-26(31)20(3)27/h6-14,20,25H,4-5,15-19,27H2,1-3H3,(H,28,31)/t20-/m0/s1. The fourth-order valence-corrected chi connectivity index (χ4v) is 3.44. The molecule has 2 rings (SSSR count).